The monoisotopic (exact) mass is 506 g/mol. The van der Waals surface area contributed by atoms with Crippen LogP contribution in [-0.4, -0.2) is 50.8 Å². The van der Waals surface area contributed by atoms with Crippen molar-refractivity contribution in [2.24, 2.45) is 0 Å². The minimum atomic E-state index is -5.62. The van der Waals surface area contributed by atoms with E-state index in [2.05, 4.69) is 19.7 Å². The fourth-order valence-corrected chi connectivity index (χ4v) is 2.74. The van der Waals surface area contributed by atoms with Gasteiger partial charge in [0.25, 0.3) is 6.29 Å². The Morgan fingerprint density at radius 3 is 2.37 bits per heavy atom. The van der Waals surface area contributed by atoms with Gasteiger partial charge in [0.05, 0.1) is 18.1 Å². The average molecular weight is 506 g/mol. The predicted octanol–water partition coefficient (Wildman–Crippen LogP) is 3.73. The van der Waals surface area contributed by atoms with Crippen molar-refractivity contribution in [3.05, 3.63) is 42.0 Å². The summed E-state index contributed by atoms with van der Waals surface area (Å²) < 4.78 is 90.4. The van der Waals surface area contributed by atoms with Gasteiger partial charge in [-0.3, -0.25) is 0 Å². The molecule has 0 aliphatic carbocycles. The third kappa shape index (κ3) is 5.98. The van der Waals surface area contributed by atoms with Crippen LogP contribution in [0, 0.1) is 13.8 Å². The number of rotatable bonds is 6. The Bertz CT molecular complexity index is 1230. The largest absolute Gasteiger partial charge is 0.491 e. The molecule has 2 heterocycles. The number of nitrogens with two attached hydrogens (primary N) is 1. The molecule has 0 aliphatic rings. The summed E-state index contributed by atoms with van der Waals surface area (Å²) in [7, 11) is 0. The second-order valence-corrected chi connectivity index (χ2v) is 7.09. The number of hydrogen-bond donors (Lipinski definition) is 2. The molecule has 0 saturated heterocycles. The quantitative estimate of drug-likeness (QED) is 0.291. The lowest BCUT2D eigenvalue weighted by Crippen LogP contribution is -2.47. The summed E-state index contributed by atoms with van der Waals surface area (Å²) in [4.78, 5) is 23.4. The van der Waals surface area contributed by atoms with Crippen LogP contribution in [0.4, 0.5) is 32.2 Å². The second-order valence-electron chi connectivity index (χ2n) is 7.09. The molecule has 0 amide bonds. The van der Waals surface area contributed by atoms with Gasteiger partial charge in [-0.15, -0.1) is 0 Å². The third-order valence-corrected chi connectivity index (χ3v) is 4.44. The number of aryl methyl sites for hydroxylation is 2. The standard InChI is InChI=1S/C20H16F6N4O5/c1-8-3-4-10(34-17(15(31)19(21,22)23)35-18(32)20(24,25)26)5-11(8)12-6-29-16(27)14(30-12)13-7-28-9(2)33-13/h3-7,15,17,31H,1-2H3,(H2,27,29). The number of nitrogen functional groups attached to an aromatic ring is 1. The van der Waals surface area contributed by atoms with Crippen molar-refractivity contribution in [3.8, 4) is 28.5 Å². The zero-order valence-corrected chi connectivity index (χ0v) is 17.8. The van der Waals surface area contributed by atoms with E-state index in [0.29, 0.717) is 11.5 Å². The van der Waals surface area contributed by atoms with Crippen molar-refractivity contribution in [2.75, 3.05) is 5.73 Å². The summed E-state index contributed by atoms with van der Waals surface area (Å²) in [6.07, 6.45) is -15.1. The average Bonchev–Trinajstić information content (AvgIpc) is 3.19. The minimum Gasteiger partial charge on any atom is -0.452 e. The zero-order chi connectivity index (χ0) is 26.1. The number of esters is 1. The lowest BCUT2D eigenvalue weighted by molar-refractivity contribution is -0.276. The van der Waals surface area contributed by atoms with Crippen LogP contribution >= 0.6 is 0 Å². The van der Waals surface area contributed by atoms with Gasteiger partial charge in [0.2, 0.25) is 6.10 Å². The Labute approximate surface area is 192 Å². The third-order valence-electron chi connectivity index (χ3n) is 4.44. The van der Waals surface area contributed by atoms with Crippen LogP contribution in [-0.2, 0) is 9.53 Å². The molecule has 0 aliphatic heterocycles. The van der Waals surface area contributed by atoms with E-state index < -0.39 is 36.5 Å². The van der Waals surface area contributed by atoms with E-state index >= 15 is 0 Å². The molecule has 2 atom stereocenters. The Hall–Kier alpha value is -3.88. The molecule has 0 spiro atoms. The minimum absolute atomic E-state index is 0.0117. The van der Waals surface area contributed by atoms with Crippen LogP contribution in [0.1, 0.15) is 11.5 Å². The van der Waals surface area contributed by atoms with Gasteiger partial charge < -0.3 is 24.7 Å². The number of carbonyl (C=O) groups is 1. The molecule has 15 heteroatoms. The Balaban J connectivity index is 1.98. The number of aliphatic hydroxyl groups is 1. The maximum absolute atomic E-state index is 13.0. The lowest BCUT2D eigenvalue weighted by atomic mass is 10.1. The maximum Gasteiger partial charge on any atom is 0.491 e. The maximum atomic E-state index is 13.0. The van der Waals surface area contributed by atoms with E-state index in [1.165, 1.54) is 18.5 Å². The molecule has 0 radical (unpaired) electrons. The molecular weight excluding hydrogens is 490 g/mol. The molecule has 3 rings (SSSR count). The van der Waals surface area contributed by atoms with Gasteiger partial charge in [0.1, 0.15) is 5.75 Å². The molecule has 0 saturated carbocycles. The summed E-state index contributed by atoms with van der Waals surface area (Å²) >= 11 is 0. The molecule has 3 aromatic rings. The van der Waals surface area contributed by atoms with Gasteiger partial charge in [-0.2, -0.15) is 26.3 Å². The number of nitrogens with zero attached hydrogens (tertiary/aromatic N) is 3. The normalized spacial score (nSPS) is 13.9. The van der Waals surface area contributed by atoms with E-state index in [1.54, 1.807) is 13.8 Å². The zero-order valence-electron chi connectivity index (χ0n) is 17.8. The van der Waals surface area contributed by atoms with E-state index in [0.717, 1.165) is 12.1 Å². The summed E-state index contributed by atoms with van der Waals surface area (Å²) in [5.41, 5.74) is 6.83. The van der Waals surface area contributed by atoms with Crippen LogP contribution in [0.25, 0.3) is 22.7 Å². The number of aromatic nitrogens is 3. The number of aliphatic hydroxyl groups excluding tert-OH is 1. The van der Waals surface area contributed by atoms with Crippen LogP contribution in [0.5, 0.6) is 5.75 Å². The highest BCUT2D eigenvalue weighted by molar-refractivity contribution is 5.76. The summed E-state index contributed by atoms with van der Waals surface area (Å²) in [6.45, 7) is 3.18. The number of benzene rings is 1. The fourth-order valence-electron chi connectivity index (χ4n) is 2.74. The SMILES string of the molecule is Cc1ncc(-c2nc(-c3cc(OC(OC(=O)C(F)(F)F)C(O)C(F)(F)F)ccc3C)cnc2N)o1. The smallest absolute Gasteiger partial charge is 0.452 e. The highest BCUT2D eigenvalue weighted by Gasteiger charge is 2.50. The van der Waals surface area contributed by atoms with Crippen LogP contribution < -0.4 is 10.5 Å². The molecule has 0 bridgehead atoms. The fraction of sp³-hybridized carbons (Fsp3) is 0.300. The Morgan fingerprint density at radius 2 is 1.80 bits per heavy atom. The molecule has 2 unspecified atom stereocenters. The first-order chi connectivity index (χ1) is 16.2. The van der Waals surface area contributed by atoms with Gasteiger partial charge in [-0.1, -0.05) is 6.07 Å². The summed E-state index contributed by atoms with van der Waals surface area (Å²) in [5.74, 6) is -2.95. The van der Waals surface area contributed by atoms with E-state index in [-0.39, 0.29) is 28.5 Å². The van der Waals surface area contributed by atoms with Crippen LogP contribution in [0.3, 0.4) is 0 Å². The highest BCUT2D eigenvalue weighted by atomic mass is 19.4. The molecule has 35 heavy (non-hydrogen) atoms. The molecule has 9 nitrogen and oxygen atoms in total. The van der Waals surface area contributed by atoms with Gasteiger partial charge >= 0.3 is 18.3 Å². The molecule has 188 valence electrons. The number of oxazole rings is 1. The number of alkyl halides is 6. The number of carbonyl (C=O) groups excluding carboxylic acids is 1. The van der Waals surface area contributed by atoms with Crippen LogP contribution in [0.15, 0.2) is 35.0 Å². The van der Waals surface area contributed by atoms with Crippen molar-refractivity contribution in [1.29, 1.82) is 0 Å². The first kappa shape index (κ1) is 25.7. The van der Waals surface area contributed by atoms with Gasteiger partial charge in [-0.05, 0) is 24.6 Å². The van der Waals surface area contributed by atoms with Crippen molar-refractivity contribution >= 4 is 11.8 Å². The predicted molar refractivity (Wildman–Crippen MR) is 105 cm³/mol. The van der Waals surface area contributed by atoms with Crippen molar-refractivity contribution in [1.82, 2.24) is 15.0 Å². The Kier molecular flexibility index (Phi) is 6.91. The number of halogens is 6. The topological polar surface area (TPSA) is 134 Å². The highest BCUT2D eigenvalue weighted by Crippen LogP contribution is 2.32. The summed E-state index contributed by atoms with van der Waals surface area (Å²) in [5, 5.41) is 9.41. The van der Waals surface area contributed by atoms with Crippen molar-refractivity contribution < 1.29 is 50.1 Å². The Morgan fingerprint density at radius 1 is 1.11 bits per heavy atom. The van der Waals surface area contributed by atoms with E-state index in [4.69, 9.17) is 14.9 Å². The molecule has 3 N–H and O–H groups in total. The molecule has 0 fully saturated rings. The molecule has 2 aromatic heterocycles. The van der Waals surface area contributed by atoms with Gasteiger partial charge in [0.15, 0.2) is 23.2 Å². The summed E-state index contributed by atoms with van der Waals surface area (Å²) in [6, 6.07) is 3.56. The van der Waals surface area contributed by atoms with Crippen molar-refractivity contribution in [2.45, 2.75) is 38.6 Å². The van der Waals surface area contributed by atoms with Gasteiger partial charge in [-0.25, -0.2) is 19.7 Å². The van der Waals surface area contributed by atoms with Crippen LogP contribution in [0.2, 0.25) is 0 Å². The first-order valence-corrected chi connectivity index (χ1v) is 9.52. The number of ether oxygens (including phenoxy) is 2. The van der Waals surface area contributed by atoms with Crippen molar-refractivity contribution in [3.63, 3.8) is 0 Å². The van der Waals surface area contributed by atoms with E-state index in [1.807, 2.05) is 0 Å². The van der Waals surface area contributed by atoms with Gasteiger partial charge in [0, 0.05) is 12.5 Å². The molecule has 1 aromatic carbocycles. The molecular formula is C20H16F6N4O5. The second kappa shape index (κ2) is 9.40. The number of anilines is 1. The lowest BCUT2D eigenvalue weighted by Gasteiger charge is -2.26. The number of hydrogen-bond acceptors (Lipinski definition) is 9. The first-order valence-electron chi connectivity index (χ1n) is 9.52. The van der Waals surface area contributed by atoms with E-state index in [9.17, 15) is 36.2 Å².